The summed E-state index contributed by atoms with van der Waals surface area (Å²) < 4.78 is 11.0. The summed E-state index contributed by atoms with van der Waals surface area (Å²) in [6, 6.07) is 28.0. The van der Waals surface area contributed by atoms with Gasteiger partial charge in [0.1, 0.15) is 22.8 Å². The zero-order chi connectivity index (χ0) is 27.1. The summed E-state index contributed by atoms with van der Waals surface area (Å²) in [5, 5.41) is 19.2. The molecule has 4 aromatic rings. The molecule has 4 rings (SSSR count). The van der Waals surface area contributed by atoms with Crippen LogP contribution in [-0.4, -0.2) is 40.1 Å². The van der Waals surface area contributed by atoms with Gasteiger partial charge in [-0.2, -0.15) is 0 Å². The minimum Gasteiger partial charge on any atom is -0.496 e. The summed E-state index contributed by atoms with van der Waals surface area (Å²) in [6.45, 7) is 0.366. The van der Waals surface area contributed by atoms with E-state index in [2.05, 4.69) is 0 Å². The maximum atomic E-state index is 13.8. The van der Waals surface area contributed by atoms with Crippen molar-refractivity contribution < 1.29 is 34.1 Å². The molecule has 1 amide bonds. The molecule has 0 fully saturated rings. The Balaban J connectivity index is 1.67. The van der Waals surface area contributed by atoms with Crippen molar-refractivity contribution >= 4 is 17.8 Å². The van der Waals surface area contributed by atoms with Crippen LogP contribution in [0.1, 0.15) is 42.2 Å². The van der Waals surface area contributed by atoms with Crippen LogP contribution in [0.4, 0.5) is 0 Å². The van der Waals surface area contributed by atoms with Crippen LogP contribution >= 0.6 is 0 Å². The second kappa shape index (κ2) is 11.7. The topological polar surface area (TPSA) is 113 Å². The number of methoxy groups -OCH3 is 1. The number of rotatable bonds is 10. The predicted molar refractivity (Wildman–Crippen MR) is 140 cm³/mol. The highest BCUT2D eigenvalue weighted by Gasteiger charge is 2.26. The molecule has 2 N–H and O–H groups in total. The standard InChI is InChI=1S/C30H25NO7/c1-37-27-17-24(25(29(33)34)16-26(27)30(35)36)28(32)31(18-20-8-4-2-5-9-20)19-21-12-14-23(15-13-21)38-22-10-6-3-7-11-22/h2-17H,18-19H2,1H3,(H,33,34)(H,35,36). The fourth-order valence-corrected chi connectivity index (χ4v) is 3.95. The lowest BCUT2D eigenvalue weighted by molar-refractivity contribution is 0.0666. The first-order valence-corrected chi connectivity index (χ1v) is 11.7. The number of carbonyl (C=O) groups is 3. The summed E-state index contributed by atoms with van der Waals surface area (Å²) in [6.07, 6.45) is 0. The van der Waals surface area contributed by atoms with Crippen molar-refractivity contribution in [2.75, 3.05) is 7.11 Å². The molecular formula is C30H25NO7. The van der Waals surface area contributed by atoms with Gasteiger partial charge in [0.2, 0.25) is 0 Å². The van der Waals surface area contributed by atoms with Crippen LogP contribution in [0.5, 0.6) is 17.2 Å². The van der Waals surface area contributed by atoms with Crippen molar-refractivity contribution in [3.8, 4) is 17.2 Å². The lowest BCUT2D eigenvalue weighted by atomic mass is 10.0. The average Bonchev–Trinajstić information content (AvgIpc) is 2.93. The van der Waals surface area contributed by atoms with Crippen LogP contribution in [0.25, 0.3) is 0 Å². The van der Waals surface area contributed by atoms with Gasteiger partial charge in [-0.05, 0) is 47.5 Å². The molecule has 0 saturated carbocycles. The molecule has 0 bridgehead atoms. The molecule has 8 nitrogen and oxygen atoms in total. The normalized spacial score (nSPS) is 10.4. The third-order valence-electron chi connectivity index (χ3n) is 5.81. The van der Waals surface area contributed by atoms with E-state index >= 15 is 0 Å². The molecule has 0 aromatic heterocycles. The molecule has 0 aliphatic rings. The molecule has 0 radical (unpaired) electrons. The number of para-hydroxylation sites is 1. The van der Waals surface area contributed by atoms with Gasteiger partial charge in [0, 0.05) is 13.1 Å². The maximum Gasteiger partial charge on any atom is 0.339 e. The highest BCUT2D eigenvalue weighted by molar-refractivity contribution is 6.07. The van der Waals surface area contributed by atoms with E-state index in [-0.39, 0.29) is 30.0 Å². The smallest absolute Gasteiger partial charge is 0.339 e. The van der Waals surface area contributed by atoms with Crippen LogP contribution in [0, 0.1) is 0 Å². The van der Waals surface area contributed by atoms with E-state index in [4.69, 9.17) is 9.47 Å². The van der Waals surface area contributed by atoms with Crippen LogP contribution in [0.3, 0.4) is 0 Å². The van der Waals surface area contributed by atoms with Gasteiger partial charge in [-0.25, -0.2) is 9.59 Å². The number of amides is 1. The van der Waals surface area contributed by atoms with Crippen molar-refractivity contribution in [1.82, 2.24) is 4.90 Å². The van der Waals surface area contributed by atoms with Gasteiger partial charge in [-0.15, -0.1) is 0 Å². The van der Waals surface area contributed by atoms with Gasteiger partial charge in [-0.3, -0.25) is 4.79 Å². The maximum absolute atomic E-state index is 13.8. The number of hydrogen-bond donors (Lipinski definition) is 2. The lowest BCUT2D eigenvalue weighted by Crippen LogP contribution is -2.31. The Labute approximate surface area is 219 Å². The Bertz CT molecular complexity index is 1440. The van der Waals surface area contributed by atoms with Gasteiger partial charge < -0.3 is 24.6 Å². The van der Waals surface area contributed by atoms with Crippen molar-refractivity contribution in [1.29, 1.82) is 0 Å². The molecule has 0 heterocycles. The zero-order valence-corrected chi connectivity index (χ0v) is 20.5. The number of benzene rings is 4. The van der Waals surface area contributed by atoms with Crippen molar-refractivity contribution in [3.05, 3.63) is 125 Å². The quantitative estimate of drug-likeness (QED) is 0.280. The Hall–Kier alpha value is -5.11. The van der Waals surface area contributed by atoms with E-state index in [1.54, 1.807) is 12.1 Å². The molecule has 0 unspecified atom stereocenters. The number of carboxylic acids is 2. The Kier molecular flexibility index (Phi) is 8.03. The Morgan fingerprint density at radius 1 is 0.658 bits per heavy atom. The first-order chi connectivity index (χ1) is 18.4. The molecule has 4 aromatic carbocycles. The second-order valence-electron chi connectivity index (χ2n) is 8.41. The summed E-state index contributed by atoms with van der Waals surface area (Å²) in [5.41, 5.74) is 0.707. The lowest BCUT2D eigenvalue weighted by Gasteiger charge is -2.24. The van der Waals surface area contributed by atoms with Crippen LogP contribution < -0.4 is 9.47 Å². The largest absolute Gasteiger partial charge is 0.496 e. The monoisotopic (exact) mass is 511 g/mol. The number of carboxylic acid groups (broad SMARTS) is 2. The first kappa shape index (κ1) is 26.0. The van der Waals surface area contributed by atoms with Gasteiger partial charge in [0.25, 0.3) is 5.91 Å². The minimum absolute atomic E-state index is 0.104. The fourth-order valence-electron chi connectivity index (χ4n) is 3.95. The van der Waals surface area contributed by atoms with E-state index < -0.39 is 23.4 Å². The number of ether oxygens (including phenoxy) is 2. The van der Waals surface area contributed by atoms with E-state index in [1.807, 2.05) is 72.8 Å². The van der Waals surface area contributed by atoms with Crippen LogP contribution in [-0.2, 0) is 13.1 Å². The molecule has 8 heteroatoms. The van der Waals surface area contributed by atoms with E-state index in [1.165, 1.54) is 18.1 Å². The number of nitrogens with zero attached hydrogens (tertiary/aromatic N) is 1. The highest BCUT2D eigenvalue weighted by atomic mass is 16.5. The van der Waals surface area contributed by atoms with E-state index in [9.17, 15) is 24.6 Å². The van der Waals surface area contributed by atoms with Gasteiger partial charge in [0.15, 0.2) is 0 Å². The molecule has 0 spiro atoms. The predicted octanol–water partition coefficient (Wildman–Crippen LogP) is 5.73. The first-order valence-electron chi connectivity index (χ1n) is 11.7. The van der Waals surface area contributed by atoms with E-state index in [0.29, 0.717) is 11.5 Å². The van der Waals surface area contributed by atoms with Crippen LogP contribution in [0.15, 0.2) is 97.1 Å². The number of carbonyl (C=O) groups excluding carboxylic acids is 1. The van der Waals surface area contributed by atoms with Crippen molar-refractivity contribution in [3.63, 3.8) is 0 Å². The number of hydrogen-bond acceptors (Lipinski definition) is 5. The van der Waals surface area contributed by atoms with E-state index in [0.717, 1.165) is 17.2 Å². The third-order valence-corrected chi connectivity index (χ3v) is 5.81. The fraction of sp³-hybridized carbons (Fsp3) is 0.100. The number of aromatic carboxylic acids is 2. The average molecular weight is 512 g/mol. The summed E-state index contributed by atoms with van der Waals surface area (Å²) in [7, 11) is 1.26. The highest BCUT2D eigenvalue weighted by Crippen LogP contribution is 2.27. The molecule has 0 atom stereocenters. The third kappa shape index (κ3) is 6.17. The minimum atomic E-state index is -1.42. The molecular weight excluding hydrogens is 486 g/mol. The molecule has 38 heavy (non-hydrogen) atoms. The van der Waals surface area contributed by atoms with Crippen molar-refractivity contribution in [2.24, 2.45) is 0 Å². The van der Waals surface area contributed by atoms with Gasteiger partial charge >= 0.3 is 11.9 Å². The van der Waals surface area contributed by atoms with Crippen molar-refractivity contribution in [2.45, 2.75) is 13.1 Å². The summed E-state index contributed by atoms with van der Waals surface area (Å²) in [5.74, 6) is -2.13. The summed E-state index contributed by atoms with van der Waals surface area (Å²) in [4.78, 5) is 38.9. The molecule has 0 saturated heterocycles. The molecule has 0 aliphatic heterocycles. The second-order valence-corrected chi connectivity index (χ2v) is 8.41. The zero-order valence-electron chi connectivity index (χ0n) is 20.5. The Morgan fingerprint density at radius 3 is 1.74 bits per heavy atom. The molecule has 0 aliphatic carbocycles. The van der Waals surface area contributed by atoms with Crippen LogP contribution in [0.2, 0.25) is 0 Å². The summed E-state index contributed by atoms with van der Waals surface area (Å²) >= 11 is 0. The van der Waals surface area contributed by atoms with Gasteiger partial charge in [-0.1, -0.05) is 60.7 Å². The SMILES string of the molecule is COc1cc(C(=O)N(Cc2ccccc2)Cc2ccc(Oc3ccccc3)cc2)c(C(=O)O)cc1C(=O)O. The Morgan fingerprint density at radius 2 is 1.18 bits per heavy atom. The molecule has 192 valence electrons. The van der Waals surface area contributed by atoms with Gasteiger partial charge in [0.05, 0.1) is 18.2 Å².